The van der Waals surface area contributed by atoms with Gasteiger partial charge in [0.25, 0.3) is 5.91 Å². The first-order valence-electron chi connectivity index (χ1n) is 8.98. The normalized spacial score (nSPS) is 11.7. The SMILES string of the molecule is CS(=O)(=O)NC(=O)c1cc(Cl)c(-n2cc(-c3ccc(F)cc3F)c3cccnc32)cc1F. The van der Waals surface area contributed by atoms with E-state index in [1.54, 1.807) is 16.9 Å². The molecule has 4 rings (SSSR count). The Hall–Kier alpha value is -3.37. The van der Waals surface area contributed by atoms with Crippen LogP contribution in [0.3, 0.4) is 0 Å². The molecule has 1 amide bonds. The summed E-state index contributed by atoms with van der Waals surface area (Å²) in [6, 6.07) is 8.35. The molecule has 0 bridgehead atoms. The Morgan fingerprint density at radius 1 is 1.06 bits per heavy atom. The van der Waals surface area contributed by atoms with Crippen LogP contribution in [0.5, 0.6) is 0 Å². The van der Waals surface area contributed by atoms with Crippen molar-refractivity contribution in [1.82, 2.24) is 14.3 Å². The summed E-state index contributed by atoms with van der Waals surface area (Å²) in [4.78, 5) is 16.3. The highest BCUT2D eigenvalue weighted by atomic mass is 35.5. The Morgan fingerprint density at radius 2 is 1.81 bits per heavy atom. The van der Waals surface area contributed by atoms with Crippen molar-refractivity contribution in [2.24, 2.45) is 0 Å². The van der Waals surface area contributed by atoms with Crippen molar-refractivity contribution in [1.29, 1.82) is 0 Å². The lowest BCUT2D eigenvalue weighted by Gasteiger charge is -2.11. The summed E-state index contributed by atoms with van der Waals surface area (Å²) in [6.45, 7) is 0. The number of aromatic nitrogens is 2. The highest BCUT2D eigenvalue weighted by molar-refractivity contribution is 7.89. The van der Waals surface area contributed by atoms with Crippen LogP contribution in [-0.4, -0.2) is 30.1 Å². The summed E-state index contributed by atoms with van der Waals surface area (Å²) in [6.07, 6.45) is 3.69. The van der Waals surface area contributed by atoms with Crippen molar-refractivity contribution in [3.63, 3.8) is 0 Å². The summed E-state index contributed by atoms with van der Waals surface area (Å²) < 4.78 is 68.2. The number of benzene rings is 2. The summed E-state index contributed by atoms with van der Waals surface area (Å²) in [5, 5.41) is 0.409. The molecule has 2 aromatic heterocycles. The number of nitrogens with zero attached hydrogens (tertiary/aromatic N) is 2. The van der Waals surface area contributed by atoms with Crippen LogP contribution >= 0.6 is 11.6 Å². The monoisotopic (exact) mass is 479 g/mol. The third-order valence-corrected chi connectivity index (χ3v) is 5.46. The molecule has 0 aliphatic carbocycles. The average Bonchev–Trinajstić information content (AvgIpc) is 3.07. The summed E-state index contributed by atoms with van der Waals surface area (Å²) in [7, 11) is -3.91. The van der Waals surface area contributed by atoms with Crippen LogP contribution in [0, 0.1) is 17.5 Å². The quantitative estimate of drug-likeness (QED) is 0.469. The number of hydrogen-bond acceptors (Lipinski definition) is 4. The zero-order chi connectivity index (χ0) is 23.2. The van der Waals surface area contributed by atoms with E-state index in [-0.39, 0.29) is 16.3 Å². The molecule has 0 spiro atoms. The molecule has 32 heavy (non-hydrogen) atoms. The number of carbonyl (C=O) groups excluding carboxylic acids is 1. The van der Waals surface area contributed by atoms with Gasteiger partial charge in [-0.15, -0.1) is 0 Å². The fraction of sp³-hybridized carbons (Fsp3) is 0.0476. The number of fused-ring (bicyclic) bond motifs is 1. The summed E-state index contributed by atoms with van der Waals surface area (Å²) in [5.41, 5.74) is 0.279. The Bertz CT molecular complexity index is 1500. The lowest BCUT2D eigenvalue weighted by molar-refractivity contribution is 0.0978. The number of halogens is 4. The van der Waals surface area contributed by atoms with Gasteiger partial charge in [-0.1, -0.05) is 11.6 Å². The van der Waals surface area contributed by atoms with Gasteiger partial charge in [-0.25, -0.2) is 31.3 Å². The molecule has 1 N–H and O–H groups in total. The molecule has 0 fully saturated rings. The van der Waals surface area contributed by atoms with E-state index in [2.05, 4.69) is 4.98 Å². The fourth-order valence-corrected chi connectivity index (χ4v) is 3.98. The minimum Gasteiger partial charge on any atom is -0.299 e. The molecule has 0 atom stereocenters. The maximum absolute atomic E-state index is 14.7. The Labute approximate surface area is 185 Å². The molecule has 2 heterocycles. The second kappa shape index (κ2) is 7.95. The summed E-state index contributed by atoms with van der Waals surface area (Å²) >= 11 is 6.29. The van der Waals surface area contributed by atoms with Gasteiger partial charge in [0.05, 0.1) is 22.5 Å². The van der Waals surface area contributed by atoms with E-state index in [0.29, 0.717) is 16.6 Å². The van der Waals surface area contributed by atoms with Gasteiger partial charge >= 0.3 is 0 Å². The first-order chi connectivity index (χ1) is 15.0. The van der Waals surface area contributed by atoms with Gasteiger partial charge in [0.15, 0.2) is 0 Å². The maximum Gasteiger partial charge on any atom is 0.267 e. The van der Waals surface area contributed by atoms with Crippen LogP contribution in [0.15, 0.2) is 54.9 Å². The molecule has 164 valence electrons. The van der Waals surface area contributed by atoms with Gasteiger partial charge in [0.2, 0.25) is 10.0 Å². The van der Waals surface area contributed by atoms with Crippen LogP contribution in [0.1, 0.15) is 10.4 Å². The van der Waals surface area contributed by atoms with Crippen molar-refractivity contribution in [3.05, 3.63) is 82.9 Å². The predicted octanol–water partition coefficient (Wildman–Crippen LogP) is 4.45. The number of nitrogens with one attached hydrogen (secondary N) is 1. The number of pyridine rings is 1. The van der Waals surface area contributed by atoms with Gasteiger partial charge < -0.3 is 0 Å². The molecule has 0 aliphatic rings. The fourth-order valence-electron chi connectivity index (χ4n) is 3.28. The van der Waals surface area contributed by atoms with E-state index >= 15 is 0 Å². The first-order valence-corrected chi connectivity index (χ1v) is 11.2. The molecule has 0 radical (unpaired) electrons. The van der Waals surface area contributed by atoms with Crippen LogP contribution in [-0.2, 0) is 10.0 Å². The summed E-state index contributed by atoms with van der Waals surface area (Å²) in [5.74, 6) is -3.74. The minimum atomic E-state index is -3.91. The molecule has 0 saturated carbocycles. The molecule has 4 aromatic rings. The minimum absolute atomic E-state index is 0.0811. The molecule has 2 aromatic carbocycles. The van der Waals surface area contributed by atoms with E-state index in [9.17, 15) is 26.4 Å². The number of carbonyl (C=O) groups is 1. The van der Waals surface area contributed by atoms with E-state index in [4.69, 9.17) is 11.6 Å². The third kappa shape index (κ3) is 4.06. The standard InChI is InChI=1S/C21H13ClF3N3O3S/c1-32(30,31)27-21(29)14-8-16(22)19(9-18(14)25)28-10-15(13-3-2-6-26-20(13)28)12-5-4-11(23)7-17(12)24/h2-10H,1H3,(H,27,29). The predicted molar refractivity (Wildman–Crippen MR) is 114 cm³/mol. The Kier molecular flexibility index (Phi) is 5.43. The zero-order valence-electron chi connectivity index (χ0n) is 16.2. The molecule has 0 saturated heterocycles. The number of rotatable bonds is 4. The average molecular weight is 480 g/mol. The Morgan fingerprint density at radius 3 is 2.50 bits per heavy atom. The van der Waals surface area contributed by atoms with Crippen molar-refractivity contribution >= 4 is 38.6 Å². The lowest BCUT2D eigenvalue weighted by Crippen LogP contribution is -2.30. The van der Waals surface area contributed by atoms with Crippen LogP contribution in [0.4, 0.5) is 13.2 Å². The largest absolute Gasteiger partial charge is 0.299 e. The zero-order valence-corrected chi connectivity index (χ0v) is 17.8. The second-order valence-electron chi connectivity index (χ2n) is 6.90. The van der Waals surface area contributed by atoms with Gasteiger partial charge in [-0.05, 0) is 30.3 Å². The van der Waals surface area contributed by atoms with E-state index in [0.717, 1.165) is 30.5 Å². The number of sulfonamides is 1. The molecular weight excluding hydrogens is 467 g/mol. The lowest BCUT2D eigenvalue weighted by atomic mass is 10.1. The van der Waals surface area contributed by atoms with Crippen LogP contribution in [0.25, 0.3) is 27.8 Å². The van der Waals surface area contributed by atoms with Crippen molar-refractivity contribution in [3.8, 4) is 16.8 Å². The smallest absolute Gasteiger partial charge is 0.267 e. The highest BCUT2D eigenvalue weighted by Crippen LogP contribution is 2.35. The van der Waals surface area contributed by atoms with Gasteiger partial charge in [-0.3, -0.25) is 9.36 Å². The number of amides is 1. The molecular formula is C21H13ClF3N3O3S. The molecule has 11 heteroatoms. The van der Waals surface area contributed by atoms with Gasteiger partial charge in [-0.2, -0.15) is 0 Å². The van der Waals surface area contributed by atoms with Crippen molar-refractivity contribution in [2.75, 3.05) is 6.26 Å². The highest BCUT2D eigenvalue weighted by Gasteiger charge is 2.21. The second-order valence-corrected chi connectivity index (χ2v) is 9.05. The third-order valence-electron chi connectivity index (χ3n) is 4.60. The maximum atomic E-state index is 14.7. The molecule has 0 unspecified atom stereocenters. The van der Waals surface area contributed by atoms with Gasteiger partial charge in [0, 0.05) is 41.0 Å². The van der Waals surface area contributed by atoms with Crippen molar-refractivity contribution < 1.29 is 26.4 Å². The van der Waals surface area contributed by atoms with Crippen LogP contribution in [0.2, 0.25) is 5.02 Å². The van der Waals surface area contributed by atoms with E-state index in [1.807, 2.05) is 0 Å². The number of hydrogen-bond donors (Lipinski definition) is 1. The first kappa shape index (κ1) is 21.8. The molecule has 6 nitrogen and oxygen atoms in total. The van der Waals surface area contributed by atoms with E-state index in [1.165, 1.54) is 23.0 Å². The topological polar surface area (TPSA) is 81.1 Å². The molecule has 0 aliphatic heterocycles. The van der Waals surface area contributed by atoms with E-state index < -0.39 is 38.9 Å². The van der Waals surface area contributed by atoms with Gasteiger partial charge in [0.1, 0.15) is 23.1 Å². The van der Waals surface area contributed by atoms with Crippen molar-refractivity contribution in [2.45, 2.75) is 0 Å². The Balaban J connectivity index is 1.90. The van der Waals surface area contributed by atoms with Crippen LogP contribution < -0.4 is 4.72 Å².